The van der Waals surface area contributed by atoms with Crippen LogP contribution in [0.2, 0.25) is 0 Å². The van der Waals surface area contributed by atoms with Gasteiger partial charge in [0.25, 0.3) is 0 Å². The molecule has 0 atom stereocenters. The van der Waals surface area contributed by atoms with Crippen molar-refractivity contribution in [1.82, 2.24) is 0 Å². The first kappa shape index (κ1) is 16.5. The second-order valence-corrected chi connectivity index (χ2v) is 6.06. The van der Waals surface area contributed by atoms with E-state index in [1.807, 2.05) is 46.8 Å². The lowest BCUT2D eigenvalue weighted by Gasteiger charge is -2.38. The maximum absolute atomic E-state index is 9.49. The predicted octanol–water partition coefficient (Wildman–Crippen LogP) is 4.61. The van der Waals surface area contributed by atoms with Gasteiger partial charge in [0.15, 0.2) is 0 Å². The number of rotatable bonds is 4. The van der Waals surface area contributed by atoms with Gasteiger partial charge in [-0.25, -0.2) is 0 Å². The van der Waals surface area contributed by atoms with Crippen LogP contribution < -0.4 is 0 Å². The van der Waals surface area contributed by atoms with Gasteiger partial charge in [-0.3, -0.25) is 0 Å². The number of nitrogens with zero attached hydrogens (tertiary/aromatic N) is 2. The predicted molar refractivity (Wildman–Crippen MR) is 75.5 cm³/mol. The molecule has 0 saturated carbocycles. The van der Waals surface area contributed by atoms with E-state index in [-0.39, 0.29) is 10.8 Å². The van der Waals surface area contributed by atoms with Crippen molar-refractivity contribution in [1.29, 1.82) is 10.5 Å². The molecule has 0 aliphatic rings. The lowest BCUT2D eigenvalue weighted by Crippen LogP contribution is -2.37. The maximum Gasteiger partial charge on any atom is 0.149 e. The average Bonchev–Trinajstić information content (AvgIpc) is 2.25. The molecule has 0 bridgehead atoms. The SMILES string of the molecule is CC=CC(C)(C=CC)CC(C#N)(C#N)C(C)(C)C. The van der Waals surface area contributed by atoms with Gasteiger partial charge >= 0.3 is 0 Å². The molecule has 0 aromatic carbocycles. The van der Waals surface area contributed by atoms with Crippen molar-refractivity contribution in [3.05, 3.63) is 24.3 Å². The summed E-state index contributed by atoms with van der Waals surface area (Å²) < 4.78 is 0. The van der Waals surface area contributed by atoms with Crippen LogP contribution in [0.5, 0.6) is 0 Å². The van der Waals surface area contributed by atoms with Gasteiger partial charge in [0.1, 0.15) is 5.41 Å². The Balaban J connectivity index is 5.62. The molecular weight excluding hydrogens is 220 g/mol. The first-order valence-corrected chi connectivity index (χ1v) is 6.30. The molecule has 2 heteroatoms. The van der Waals surface area contributed by atoms with E-state index in [1.54, 1.807) is 0 Å². The molecule has 0 amide bonds. The van der Waals surface area contributed by atoms with Crippen molar-refractivity contribution in [2.45, 2.75) is 48.0 Å². The molecule has 0 heterocycles. The maximum atomic E-state index is 9.49. The molecule has 18 heavy (non-hydrogen) atoms. The van der Waals surface area contributed by atoms with E-state index in [2.05, 4.69) is 31.2 Å². The molecule has 0 N–H and O–H groups in total. The molecule has 0 rings (SSSR count). The van der Waals surface area contributed by atoms with E-state index < -0.39 is 5.41 Å². The van der Waals surface area contributed by atoms with Crippen molar-refractivity contribution in [2.75, 3.05) is 0 Å². The number of nitriles is 2. The van der Waals surface area contributed by atoms with E-state index >= 15 is 0 Å². The largest absolute Gasteiger partial charge is 0.197 e. The van der Waals surface area contributed by atoms with E-state index in [0.29, 0.717) is 6.42 Å². The highest BCUT2D eigenvalue weighted by atomic mass is 14.5. The van der Waals surface area contributed by atoms with Gasteiger partial charge in [0, 0.05) is 5.41 Å². The molecule has 0 aromatic rings. The third-order valence-corrected chi connectivity index (χ3v) is 3.40. The second kappa shape index (κ2) is 5.87. The zero-order valence-electron chi connectivity index (χ0n) is 12.4. The Kier molecular flexibility index (Phi) is 5.37. The Morgan fingerprint density at radius 3 is 1.50 bits per heavy atom. The van der Waals surface area contributed by atoms with Crippen LogP contribution in [0.25, 0.3) is 0 Å². The van der Waals surface area contributed by atoms with Gasteiger partial charge < -0.3 is 0 Å². The van der Waals surface area contributed by atoms with Gasteiger partial charge in [0.2, 0.25) is 0 Å². The normalized spacial score (nSPS) is 16.4. The first-order chi connectivity index (χ1) is 8.20. The van der Waals surface area contributed by atoms with Crippen LogP contribution in [-0.2, 0) is 0 Å². The standard InChI is InChI=1S/C16H24N2/c1-7-9-15(6,10-8-2)11-16(12-17,13-18)14(3,4)5/h7-10H,11H2,1-6H3. The first-order valence-electron chi connectivity index (χ1n) is 6.30. The Bertz CT molecular complexity index is 382. The minimum atomic E-state index is -0.985. The van der Waals surface area contributed by atoms with Gasteiger partial charge in [-0.2, -0.15) is 10.5 Å². The highest BCUT2D eigenvalue weighted by molar-refractivity contribution is 5.24. The molecule has 0 unspecified atom stereocenters. The lowest BCUT2D eigenvalue weighted by molar-refractivity contribution is 0.172. The quantitative estimate of drug-likeness (QED) is 0.678. The number of hydrogen-bond acceptors (Lipinski definition) is 2. The topological polar surface area (TPSA) is 47.6 Å². The molecular formula is C16H24N2. The number of allylic oxidation sites excluding steroid dienone is 4. The molecule has 0 aliphatic carbocycles. The summed E-state index contributed by atoms with van der Waals surface area (Å²) in [6, 6.07) is 4.50. The summed E-state index contributed by atoms with van der Waals surface area (Å²) in [4.78, 5) is 0. The van der Waals surface area contributed by atoms with E-state index in [0.717, 1.165) is 0 Å². The Labute approximate surface area is 112 Å². The summed E-state index contributed by atoms with van der Waals surface area (Å²) in [6.07, 6.45) is 8.57. The van der Waals surface area contributed by atoms with Gasteiger partial charge in [-0.1, -0.05) is 52.0 Å². The summed E-state index contributed by atoms with van der Waals surface area (Å²) in [5, 5.41) is 19.0. The average molecular weight is 244 g/mol. The number of hydrogen-bond donors (Lipinski definition) is 0. The fourth-order valence-electron chi connectivity index (χ4n) is 2.21. The highest BCUT2D eigenvalue weighted by Crippen LogP contribution is 2.47. The third kappa shape index (κ3) is 3.47. The third-order valence-electron chi connectivity index (χ3n) is 3.40. The van der Waals surface area contributed by atoms with E-state index in [1.165, 1.54) is 0 Å². The molecule has 2 nitrogen and oxygen atoms in total. The summed E-state index contributed by atoms with van der Waals surface area (Å²) in [6.45, 7) is 11.8. The lowest BCUT2D eigenvalue weighted by atomic mass is 9.61. The molecule has 0 aromatic heterocycles. The van der Waals surface area contributed by atoms with Gasteiger partial charge in [0.05, 0.1) is 12.1 Å². The van der Waals surface area contributed by atoms with Crippen LogP contribution in [-0.4, -0.2) is 0 Å². The summed E-state index contributed by atoms with van der Waals surface area (Å²) in [7, 11) is 0. The van der Waals surface area contributed by atoms with Crippen LogP contribution in [0.3, 0.4) is 0 Å². The fraction of sp³-hybridized carbons (Fsp3) is 0.625. The Morgan fingerprint density at radius 2 is 1.28 bits per heavy atom. The van der Waals surface area contributed by atoms with E-state index in [9.17, 15) is 10.5 Å². The van der Waals surface area contributed by atoms with E-state index in [4.69, 9.17) is 0 Å². The summed E-state index contributed by atoms with van der Waals surface area (Å²) in [5.74, 6) is 0. The molecule has 0 saturated heterocycles. The highest BCUT2D eigenvalue weighted by Gasteiger charge is 2.46. The van der Waals surface area contributed by atoms with Crippen LogP contribution in [0.4, 0.5) is 0 Å². The molecule has 0 aliphatic heterocycles. The van der Waals surface area contributed by atoms with Gasteiger partial charge in [-0.15, -0.1) is 0 Å². The molecule has 98 valence electrons. The molecule has 0 radical (unpaired) electrons. The monoisotopic (exact) mass is 244 g/mol. The van der Waals surface area contributed by atoms with Crippen LogP contribution in [0, 0.1) is 38.9 Å². The van der Waals surface area contributed by atoms with Crippen molar-refractivity contribution >= 4 is 0 Å². The molecule has 0 fully saturated rings. The zero-order valence-corrected chi connectivity index (χ0v) is 12.4. The summed E-state index contributed by atoms with van der Waals surface area (Å²) in [5.41, 5.74) is -1.62. The van der Waals surface area contributed by atoms with Gasteiger partial charge in [-0.05, 0) is 25.7 Å². The van der Waals surface area contributed by atoms with Crippen LogP contribution in [0.15, 0.2) is 24.3 Å². The Morgan fingerprint density at radius 1 is 0.889 bits per heavy atom. The second-order valence-electron chi connectivity index (χ2n) is 6.06. The summed E-state index contributed by atoms with van der Waals surface area (Å²) >= 11 is 0. The van der Waals surface area contributed by atoms with Crippen molar-refractivity contribution in [3.8, 4) is 12.1 Å². The van der Waals surface area contributed by atoms with Crippen LogP contribution in [0.1, 0.15) is 48.0 Å². The minimum absolute atomic E-state index is 0.262. The fourth-order valence-corrected chi connectivity index (χ4v) is 2.21. The van der Waals surface area contributed by atoms with Crippen molar-refractivity contribution < 1.29 is 0 Å². The van der Waals surface area contributed by atoms with Crippen LogP contribution >= 0.6 is 0 Å². The minimum Gasteiger partial charge on any atom is -0.197 e. The van der Waals surface area contributed by atoms with Crippen molar-refractivity contribution in [3.63, 3.8) is 0 Å². The van der Waals surface area contributed by atoms with Crippen molar-refractivity contribution in [2.24, 2.45) is 16.2 Å². The Hall–Kier alpha value is -1.54. The zero-order chi connectivity index (χ0) is 14.4. The molecule has 0 spiro atoms. The smallest absolute Gasteiger partial charge is 0.149 e.